The van der Waals surface area contributed by atoms with Crippen molar-refractivity contribution in [3.05, 3.63) is 48.5 Å². The molecule has 2 aromatic rings. The molecule has 1 amide bonds. The van der Waals surface area contributed by atoms with Gasteiger partial charge in [0.25, 0.3) is 5.91 Å². The van der Waals surface area contributed by atoms with Gasteiger partial charge in [-0.2, -0.15) is 0 Å². The molecule has 28 heavy (non-hydrogen) atoms. The monoisotopic (exact) mass is 427 g/mol. The standard InChI is InChI=1S/C17H21N3O6S2/c1-3-20(27(2,22)23)14-6-8-15(9-7-14)26-12-17(21)19-13-4-10-16(11-5-13)28(18,24)25/h4-11H,3,12H2,1-2H3,(H,19,21)(H2,18,24,25). The molecule has 152 valence electrons. The Labute approximate surface area is 164 Å². The molecule has 0 bridgehead atoms. The van der Waals surface area contributed by atoms with Crippen LogP contribution in [0.5, 0.6) is 5.75 Å². The first kappa shape index (κ1) is 21.7. The third-order valence-electron chi connectivity index (χ3n) is 3.65. The van der Waals surface area contributed by atoms with Crippen molar-refractivity contribution in [1.82, 2.24) is 0 Å². The van der Waals surface area contributed by atoms with Crippen molar-refractivity contribution in [2.24, 2.45) is 5.14 Å². The summed E-state index contributed by atoms with van der Waals surface area (Å²) < 4.78 is 52.4. The molecule has 0 saturated heterocycles. The third-order valence-corrected chi connectivity index (χ3v) is 5.85. The number of anilines is 2. The van der Waals surface area contributed by atoms with Gasteiger partial charge in [-0.15, -0.1) is 0 Å². The maximum atomic E-state index is 12.0. The third kappa shape index (κ3) is 5.94. The van der Waals surface area contributed by atoms with E-state index in [1.165, 1.54) is 28.6 Å². The van der Waals surface area contributed by atoms with Gasteiger partial charge in [0.05, 0.1) is 16.8 Å². The van der Waals surface area contributed by atoms with E-state index in [0.717, 1.165) is 6.26 Å². The zero-order chi connectivity index (χ0) is 20.9. The number of sulfonamides is 2. The zero-order valence-corrected chi connectivity index (χ0v) is 17.0. The molecule has 0 aliphatic rings. The first-order valence-electron chi connectivity index (χ1n) is 8.14. The summed E-state index contributed by atoms with van der Waals surface area (Å²) in [5.41, 5.74) is 0.889. The first-order valence-corrected chi connectivity index (χ1v) is 11.5. The van der Waals surface area contributed by atoms with Crippen molar-refractivity contribution in [1.29, 1.82) is 0 Å². The molecule has 11 heteroatoms. The number of ether oxygens (including phenoxy) is 1. The van der Waals surface area contributed by atoms with E-state index in [0.29, 0.717) is 23.7 Å². The summed E-state index contributed by atoms with van der Waals surface area (Å²) in [6, 6.07) is 11.7. The Balaban J connectivity index is 1.94. The highest BCUT2D eigenvalue weighted by molar-refractivity contribution is 7.92. The Morgan fingerprint density at radius 2 is 1.61 bits per heavy atom. The molecule has 0 unspecified atom stereocenters. The smallest absolute Gasteiger partial charge is 0.262 e. The molecule has 3 N–H and O–H groups in total. The highest BCUT2D eigenvalue weighted by Gasteiger charge is 2.15. The molecule has 0 aliphatic carbocycles. The second-order valence-corrected chi connectivity index (χ2v) is 9.30. The number of primary sulfonamides is 1. The number of nitrogens with zero attached hydrogens (tertiary/aromatic N) is 1. The van der Waals surface area contributed by atoms with E-state index in [-0.39, 0.29) is 11.5 Å². The van der Waals surface area contributed by atoms with Gasteiger partial charge in [0.15, 0.2) is 6.61 Å². The van der Waals surface area contributed by atoms with Crippen molar-refractivity contribution >= 4 is 37.3 Å². The van der Waals surface area contributed by atoms with Crippen LogP contribution in [0.2, 0.25) is 0 Å². The number of carbonyl (C=O) groups excluding carboxylic acids is 1. The van der Waals surface area contributed by atoms with E-state index >= 15 is 0 Å². The number of carbonyl (C=O) groups is 1. The molecule has 2 aromatic carbocycles. The molecule has 9 nitrogen and oxygen atoms in total. The van der Waals surface area contributed by atoms with Crippen molar-refractivity contribution < 1.29 is 26.4 Å². The fourth-order valence-electron chi connectivity index (χ4n) is 2.39. The van der Waals surface area contributed by atoms with Gasteiger partial charge >= 0.3 is 0 Å². The van der Waals surface area contributed by atoms with Crippen LogP contribution in [0, 0.1) is 0 Å². The normalized spacial score (nSPS) is 11.7. The van der Waals surface area contributed by atoms with Crippen LogP contribution in [0.4, 0.5) is 11.4 Å². The lowest BCUT2D eigenvalue weighted by Gasteiger charge is -2.20. The Morgan fingerprint density at radius 1 is 1.04 bits per heavy atom. The number of hydrogen-bond acceptors (Lipinski definition) is 6. The summed E-state index contributed by atoms with van der Waals surface area (Å²) in [4.78, 5) is 11.9. The van der Waals surface area contributed by atoms with Crippen molar-refractivity contribution in [2.75, 3.05) is 29.0 Å². The van der Waals surface area contributed by atoms with Crippen LogP contribution < -0.4 is 19.5 Å². The van der Waals surface area contributed by atoms with Gasteiger partial charge in [0.1, 0.15) is 5.75 Å². The SMILES string of the molecule is CCN(c1ccc(OCC(=O)Nc2ccc(S(N)(=O)=O)cc2)cc1)S(C)(=O)=O. The lowest BCUT2D eigenvalue weighted by Crippen LogP contribution is -2.29. The number of benzene rings is 2. The molecule has 0 spiro atoms. The Morgan fingerprint density at radius 3 is 2.07 bits per heavy atom. The molecule has 0 aromatic heterocycles. The lowest BCUT2D eigenvalue weighted by molar-refractivity contribution is -0.118. The highest BCUT2D eigenvalue weighted by atomic mass is 32.2. The lowest BCUT2D eigenvalue weighted by atomic mass is 10.3. The van der Waals surface area contributed by atoms with E-state index in [9.17, 15) is 21.6 Å². The van der Waals surface area contributed by atoms with Crippen molar-refractivity contribution in [2.45, 2.75) is 11.8 Å². The van der Waals surface area contributed by atoms with Gasteiger partial charge < -0.3 is 10.1 Å². The Kier molecular flexibility index (Phi) is 6.65. The number of nitrogens with one attached hydrogen (secondary N) is 1. The molecule has 2 rings (SSSR count). The molecular weight excluding hydrogens is 406 g/mol. The predicted molar refractivity (Wildman–Crippen MR) is 106 cm³/mol. The zero-order valence-electron chi connectivity index (χ0n) is 15.3. The van der Waals surface area contributed by atoms with Crippen LogP contribution in [0.15, 0.2) is 53.4 Å². The molecule has 0 fully saturated rings. The predicted octanol–water partition coefficient (Wildman–Crippen LogP) is 1.14. The van der Waals surface area contributed by atoms with Crippen LogP contribution in [0.1, 0.15) is 6.92 Å². The van der Waals surface area contributed by atoms with E-state index in [1.54, 1.807) is 31.2 Å². The largest absolute Gasteiger partial charge is 0.484 e. The fraction of sp³-hybridized carbons (Fsp3) is 0.235. The number of hydrogen-bond donors (Lipinski definition) is 2. The molecule has 0 radical (unpaired) electrons. The van der Waals surface area contributed by atoms with E-state index in [1.807, 2.05) is 0 Å². The number of nitrogens with two attached hydrogens (primary N) is 1. The number of rotatable bonds is 8. The minimum absolute atomic E-state index is 0.0583. The average molecular weight is 428 g/mol. The minimum atomic E-state index is -3.79. The van der Waals surface area contributed by atoms with Crippen LogP contribution in [0.25, 0.3) is 0 Å². The molecule has 0 aliphatic heterocycles. The molecule has 0 heterocycles. The van der Waals surface area contributed by atoms with E-state index < -0.39 is 26.0 Å². The summed E-state index contributed by atoms with van der Waals surface area (Å²) in [5.74, 6) is -0.0493. The quantitative estimate of drug-likeness (QED) is 0.648. The minimum Gasteiger partial charge on any atom is -0.484 e. The van der Waals surface area contributed by atoms with Gasteiger partial charge in [0.2, 0.25) is 20.0 Å². The maximum Gasteiger partial charge on any atom is 0.262 e. The number of amides is 1. The fourth-order valence-corrected chi connectivity index (χ4v) is 3.88. The van der Waals surface area contributed by atoms with E-state index in [2.05, 4.69) is 5.32 Å². The van der Waals surface area contributed by atoms with Gasteiger partial charge in [-0.25, -0.2) is 22.0 Å². The summed E-state index contributed by atoms with van der Waals surface area (Å²) in [6.07, 6.45) is 1.13. The summed E-state index contributed by atoms with van der Waals surface area (Å²) >= 11 is 0. The highest BCUT2D eigenvalue weighted by Crippen LogP contribution is 2.21. The van der Waals surface area contributed by atoms with E-state index in [4.69, 9.17) is 9.88 Å². The van der Waals surface area contributed by atoms with Crippen molar-refractivity contribution in [3.8, 4) is 5.75 Å². The van der Waals surface area contributed by atoms with Gasteiger partial charge in [-0.3, -0.25) is 9.10 Å². The molecular formula is C17H21N3O6S2. The van der Waals surface area contributed by atoms with Crippen LogP contribution in [-0.4, -0.2) is 42.2 Å². The first-order chi connectivity index (χ1) is 13.0. The maximum absolute atomic E-state index is 12.0. The molecule has 0 atom stereocenters. The van der Waals surface area contributed by atoms with Crippen LogP contribution >= 0.6 is 0 Å². The summed E-state index contributed by atoms with van der Waals surface area (Å²) in [5, 5.41) is 7.57. The summed E-state index contributed by atoms with van der Waals surface area (Å²) in [7, 11) is -7.16. The molecule has 0 saturated carbocycles. The average Bonchev–Trinajstić information content (AvgIpc) is 2.60. The van der Waals surface area contributed by atoms with Gasteiger partial charge in [0, 0.05) is 12.2 Å². The second-order valence-electron chi connectivity index (χ2n) is 5.83. The van der Waals surface area contributed by atoms with Crippen LogP contribution in [-0.2, 0) is 24.8 Å². The second kappa shape index (κ2) is 8.59. The topological polar surface area (TPSA) is 136 Å². The van der Waals surface area contributed by atoms with Crippen molar-refractivity contribution in [3.63, 3.8) is 0 Å². The summed E-state index contributed by atoms with van der Waals surface area (Å²) in [6.45, 7) is 1.75. The Bertz CT molecular complexity index is 1030. The Hall–Kier alpha value is -2.63. The van der Waals surface area contributed by atoms with Gasteiger partial charge in [-0.05, 0) is 55.5 Å². The van der Waals surface area contributed by atoms with Gasteiger partial charge in [-0.1, -0.05) is 0 Å². The van der Waals surface area contributed by atoms with Crippen LogP contribution in [0.3, 0.4) is 0 Å².